The number of thiocarbonyl (C=S) groups is 1. The van der Waals surface area contributed by atoms with Crippen molar-refractivity contribution < 1.29 is 4.74 Å². The average molecular weight is 372 g/mol. The van der Waals surface area contributed by atoms with Gasteiger partial charge >= 0.3 is 0 Å². The monoisotopic (exact) mass is 372 g/mol. The zero-order valence-corrected chi connectivity index (χ0v) is 15.7. The van der Waals surface area contributed by atoms with Gasteiger partial charge in [-0.3, -0.25) is 10.3 Å². The summed E-state index contributed by atoms with van der Waals surface area (Å²) in [5, 5.41) is 8.08. The maximum absolute atomic E-state index is 5.34. The molecule has 2 aromatic rings. The van der Waals surface area contributed by atoms with Gasteiger partial charge in [-0.1, -0.05) is 12.1 Å². The molecule has 0 amide bonds. The van der Waals surface area contributed by atoms with Gasteiger partial charge in [-0.2, -0.15) is 5.10 Å². The summed E-state index contributed by atoms with van der Waals surface area (Å²) in [4.78, 5) is 6.41. The standard InChI is InChI=1S/C18H24N6OS/c1-15(16-2-4-17(5-3-16)24-9-6-19-14-24)21-22-18(26)20-7-8-23-10-12-25-13-11-23/h2-6,9,14H,7-8,10-13H2,1H3,(H2,20,22,26)/b21-15-. The highest BCUT2D eigenvalue weighted by molar-refractivity contribution is 7.80. The lowest BCUT2D eigenvalue weighted by molar-refractivity contribution is 0.0389. The van der Waals surface area contributed by atoms with Gasteiger partial charge in [-0.05, 0) is 36.8 Å². The first-order valence-corrected chi connectivity index (χ1v) is 9.10. The SMILES string of the molecule is C/C(=N/NC(=S)NCCN1CCOCC1)c1ccc(-n2ccnc2)cc1. The molecule has 3 rings (SSSR count). The van der Waals surface area contributed by atoms with Crippen LogP contribution in [-0.4, -0.2) is 64.7 Å². The Kier molecular flexibility index (Phi) is 6.70. The highest BCUT2D eigenvalue weighted by Crippen LogP contribution is 2.10. The van der Waals surface area contributed by atoms with Crippen molar-refractivity contribution in [3.05, 3.63) is 48.5 Å². The Morgan fingerprint density at radius 3 is 2.73 bits per heavy atom. The molecule has 1 aliphatic heterocycles. The second kappa shape index (κ2) is 9.42. The molecule has 0 bridgehead atoms. The molecule has 1 aromatic heterocycles. The van der Waals surface area contributed by atoms with Crippen LogP contribution in [0.5, 0.6) is 0 Å². The van der Waals surface area contributed by atoms with E-state index in [0.717, 1.165) is 56.4 Å². The Morgan fingerprint density at radius 2 is 2.04 bits per heavy atom. The molecule has 7 nitrogen and oxygen atoms in total. The predicted molar refractivity (Wildman–Crippen MR) is 107 cm³/mol. The molecule has 138 valence electrons. The fourth-order valence-corrected chi connectivity index (χ4v) is 2.83. The summed E-state index contributed by atoms with van der Waals surface area (Å²) in [7, 11) is 0. The second-order valence-electron chi connectivity index (χ2n) is 6.04. The topological polar surface area (TPSA) is 66.7 Å². The largest absolute Gasteiger partial charge is 0.379 e. The van der Waals surface area contributed by atoms with Gasteiger partial charge in [0.05, 0.1) is 25.3 Å². The van der Waals surface area contributed by atoms with Gasteiger partial charge in [-0.15, -0.1) is 0 Å². The van der Waals surface area contributed by atoms with Crippen LogP contribution in [0.4, 0.5) is 0 Å². The number of nitrogens with one attached hydrogen (secondary N) is 2. The first-order valence-electron chi connectivity index (χ1n) is 8.69. The van der Waals surface area contributed by atoms with E-state index in [-0.39, 0.29) is 0 Å². The molecule has 0 atom stereocenters. The summed E-state index contributed by atoms with van der Waals surface area (Å²) in [6, 6.07) is 8.14. The van der Waals surface area contributed by atoms with Crippen molar-refractivity contribution in [3.63, 3.8) is 0 Å². The molecule has 0 unspecified atom stereocenters. The van der Waals surface area contributed by atoms with Crippen molar-refractivity contribution in [2.24, 2.45) is 5.10 Å². The smallest absolute Gasteiger partial charge is 0.187 e. The Hall–Kier alpha value is -2.29. The normalized spacial score (nSPS) is 15.7. The van der Waals surface area contributed by atoms with E-state index in [1.807, 2.05) is 42.0 Å². The Morgan fingerprint density at radius 1 is 1.27 bits per heavy atom. The van der Waals surface area contributed by atoms with Crippen molar-refractivity contribution >= 4 is 23.0 Å². The first-order chi connectivity index (χ1) is 12.7. The zero-order chi connectivity index (χ0) is 18.2. The van der Waals surface area contributed by atoms with Crippen molar-refractivity contribution in [2.45, 2.75) is 6.92 Å². The molecule has 1 aromatic carbocycles. The van der Waals surface area contributed by atoms with Crippen molar-refractivity contribution in [3.8, 4) is 5.69 Å². The molecule has 0 radical (unpaired) electrons. The van der Waals surface area contributed by atoms with Crippen LogP contribution in [0.25, 0.3) is 5.69 Å². The molecule has 0 spiro atoms. The van der Waals surface area contributed by atoms with Crippen LogP contribution in [0.2, 0.25) is 0 Å². The summed E-state index contributed by atoms with van der Waals surface area (Å²) < 4.78 is 7.30. The number of aromatic nitrogens is 2. The maximum Gasteiger partial charge on any atom is 0.187 e. The summed E-state index contributed by atoms with van der Waals surface area (Å²) in [5.74, 6) is 0. The number of ether oxygens (including phenoxy) is 1. The van der Waals surface area contributed by atoms with Crippen LogP contribution in [0.1, 0.15) is 12.5 Å². The number of hydrogen-bond acceptors (Lipinski definition) is 5. The van der Waals surface area contributed by atoms with Crippen molar-refractivity contribution in [1.29, 1.82) is 0 Å². The van der Waals surface area contributed by atoms with E-state index in [2.05, 4.69) is 25.7 Å². The molecule has 1 fully saturated rings. The number of morpholine rings is 1. The summed E-state index contributed by atoms with van der Waals surface area (Å²) >= 11 is 5.28. The van der Waals surface area contributed by atoms with E-state index in [9.17, 15) is 0 Å². The van der Waals surface area contributed by atoms with Crippen molar-refractivity contribution in [2.75, 3.05) is 39.4 Å². The Bertz CT molecular complexity index is 723. The lowest BCUT2D eigenvalue weighted by Crippen LogP contribution is -2.42. The molecule has 0 saturated carbocycles. The van der Waals surface area contributed by atoms with E-state index in [4.69, 9.17) is 17.0 Å². The molecule has 0 aliphatic carbocycles. The summed E-state index contributed by atoms with van der Waals surface area (Å²) in [6.07, 6.45) is 5.45. The molecule has 2 heterocycles. The Balaban J connectivity index is 1.44. The number of hydrogen-bond donors (Lipinski definition) is 2. The molecule has 1 aliphatic rings. The van der Waals surface area contributed by atoms with Crippen LogP contribution in [0, 0.1) is 0 Å². The Labute approximate surface area is 159 Å². The van der Waals surface area contributed by atoms with Gasteiger partial charge in [0.15, 0.2) is 5.11 Å². The minimum atomic E-state index is 0.535. The number of imidazole rings is 1. The maximum atomic E-state index is 5.34. The van der Waals surface area contributed by atoms with Gasteiger partial charge < -0.3 is 14.6 Å². The third kappa shape index (κ3) is 5.35. The third-order valence-electron chi connectivity index (χ3n) is 4.23. The van der Waals surface area contributed by atoms with Gasteiger partial charge in [0.1, 0.15) is 0 Å². The van der Waals surface area contributed by atoms with E-state index in [1.165, 1.54) is 0 Å². The fraction of sp³-hybridized carbons (Fsp3) is 0.389. The third-order valence-corrected chi connectivity index (χ3v) is 4.47. The summed E-state index contributed by atoms with van der Waals surface area (Å²) in [6.45, 7) is 7.28. The predicted octanol–water partition coefficient (Wildman–Crippen LogP) is 1.39. The van der Waals surface area contributed by atoms with Gasteiger partial charge in [-0.25, -0.2) is 4.98 Å². The molecular weight excluding hydrogens is 348 g/mol. The van der Waals surface area contributed by atoms with Crippen LogP contribution < -0.4 is 10.7 Å². The highest BCUT2D eigenvalue weighted by atomic mass is 32.1. The molecule has 26 heavy (non-hydrogen) atoms. The van der Waals surface area contributed by atoms with Crippen LogP contribution in [-0.2, 0) is 4.74 Å². The zero-order valence-electron chi connectivity index (χ0n) is 14.9. The van der Waals surface area contributed by atoms with Crippen LogP contribution in [0.3, 0.4) is 0 Å². The number of hydrazone groups is 1. The minimum Gasteiger partial charge on any atom is -0.379 e. The average Bonchev–Trinajstić information content (AvgIpc) is 3.22. The molecular formula is C18H24N6OS. The lowest BCUT2D eigenvalue weighted by atomic mass is 10.1. The number of rotatable bonds is 6. The number of nitrogens with zero attached hydrogens (tertiary/aromatic N) is 4. The first kappa shape index (κ1) is 18.5. The molecule has 2 N–H and O–H groups in total. The van der Waals surface area contributed by atoms with Crippen LogP contribution in [0.15, 0.2) is 48.1 Å². The fourth-order valence-electron chi connectivity index (χ4n) is 2.68. The van der Waals surface area contributed by atoms with E-state index in [1.54, 1.807) is 12.5 Å². The van der Waals surface area contributed by atoms with E-state index < -0.39 is 0 Å². The van der Waals surface area contributed by atoms with E-state index in [0.29, 0.717) is 5.11 Å². The highest BCUT2D eigenvalue weighted by Gasteiger charge is 2.09. The van der Waals surface area contributed by atoms with Crippen molar-refractivity contribution in [1.82, 2.24) is 25.2 Å². The minimum absolute atomic E-state index is 0.535. The van der Waals surface area contributed by atoms with Crippen LogP contribution >= 0.6 is 12.2 Å². The van der Waals surface area contributed by atoms with Gasteiger partial charge in [0.25, 0.3) is 0 Å². The second-order valence-corrected chi connectivity index (χ2v) is 6.44. The van der Waals surface area contributed by atoms with Gasteiger partial charge in [0, 0.05) is 44.3 Å². The lowest BCUT2D eigenvalue weighted by Gasteiger charge is -2.26. The molecule has 8 heteroatoms. The summed E-state index contributed by atoms with van der Waals surface area (Å²) in [5.41, 5.74) is 5.89. The molecule has 1 saturated heterocycles. The van der Waals surface area contributed by atoms with E-state index >= 15 is 0 Å². The quantitative estimate of drug-likeness (QED) is 0.454. The van der Waals surface area contributed by atoms with Gasteiger partial charge in [0.2, 0.25) is 0 Å². The number of benzene rings is 1.